The summed E-state index contributed by atoms with van der Waals surface area (Å²) in [6, 6.07) is 12.3. The van der Waals surface area contributed by atoms with Gasteiger partial charge in [0.2, 0.25) is 15.9 Å². The van der Waals surface area contributed by atoms with Crippen molar-refractivity contribution in [2.45, 2.75) is 23.4 Å². The molecule has 3 rings (SSSR count). The van der Waals surface area contributed by atoms with Gasteiger partial charge in [-0.15, -0.1) is 0 Å². The first kappa shape index (κ1) is 19.4. The molecule has 142 valence electrons. The number of carbonyl (C=O) groups excluding carboxylic acids is 1. The Labute approximate surface area is 162 Å². The Morgan fingerprint density at radius 1 is 1.22 bits per heavy atom. The number of primary sulfonamides is 1. The molecule has 1 aromatic heterocycles. The third-order valence-corrected chi connectivity index (χ3v) is 6.06. The van der Waals surface area contributed by atoms with Gasteiger partial charge in [0, 0.05) is 12.7 Å². The number of amides is 1. The number of carbonyl (C=O) groups is 1. The number of rotatable bonds is 6. The molecule has 1 amide bonds. The van der Waals surface area contributed by atoms with Gasteiger partial charge in [0.05, 0.1) is 21.7 Å². The Morgan fingerprint density at radius 3 is 2.56 bits per heavy atom. The Kier molecular flexibility index (Phi) is 5.54. The Hall–Kier alpha value is -2.36. The van der Waals surface area contributed by atoms with Crippen LogP contribution in [0.15, 0.2) is 52.5 Å². The number of aromatic nitrogens is 2. The van der Waals surface area contributed by atoms with Crippen LogP contribution in [0, 0.1) is 0 Å². The Bertz CT molecular complexity index is 1090. The summed E-state index contributed by atoms with van der Waals surface area (Å²) in [5.41, 5.74) is 3.24. The zero-order valence-corrected chi connectivity index (χ0v) is 16.6. The predicted octanol–water partition coefficient (Wildman–Crippen LogP) is 2.51. The van der Waals surface area contributed by atoms with Crippen LogP contribution in [0.1, 0.15) is 12.5 Å². The molecule has 0 fully saturated rings. The molecule has 0 radical (unpaired) electrons. The van der Waals surface area contributed by atoms with E-state index in [1.54, 1.807) is 6.07 Å². The largest absolute Gasteiger partial charge is 0.325 e. The van der Waals surface area contributed by atoms with E-state index in [1.807, 2.05) is 35.9 Å². The maximum absolute atomic E-state index is 12.2. The van der Waals surface area contributed by atoms with Gasteiger partial charge in [0.15, 0.2) is 5.16 Å². The highest BCUT2D eigenvalue weighted by molar-refractivity contribution is 7.99. The summed E-state index contributed by atoms with van der Waals surface area (Å²) >= 11 is 1.28. The molecule has 1 heterocycles. The second-order valence-electron chi connectivity index (χ2n) is 6.04. The average Bonchev–Trinajstić information content (AvgIpc) is 2.95. The topological polar surface area (TPSA) is 107 Å². The minimum Gasteiger partial charge on any atom is -0.325 e. The van der Waals surface area contributed by atoms with Gasteiger partial charge in [-0.2, -0.15) is 0 Å². The van der Waals surface area contributed by atoms with Gasteiger partial charge < -0.3 is 9.88 Å². The molecule has 0 aliphatic rings. The van der Waals surface area contributed by atoms with E-state index in [1.165, 1.54) is 29.5 Å². The highest BCUT2D eigenvalue weighted by atomic mass is 32.2. The lowest BCUT2D eigenvalue weighted by atomic mass is 10.1. The van der Waals surface area contributed by atoms with E-state index in [2.05, 4.69) is 17.2 Å². The van der Waals surface area contributed by atoms with Crippen molar-refractivity contribution in [3.63, 3.8) is 0 Å². The second kappa shape index (κ2) is 7.71. The van der Waals surface area contributed by atoms with Crippen LogP contribution >= 0.6 is 11.8 Å². The van der Waals surface area contributed by atoms with Crippen molar-refractivity contribution in [1.29, 1.82) is 0 Å². The van der Waals surface area contributed by atoms with Crippen LogP contribution in [0.5, 0.6) is 0 Å². The number of nitrogens with two attached hydrogens (primary N) is 1. The maximum Gasteiger partial charge on any atom is 0.238 e. The minimum atomic E-state index is -3.78. The number of anilines is 1. The monoisotopic (exact) mass is 404 g/mol. The molecule has 3 N–H and O–H groups in total. The molecule has 0 atom stereocenters. The van der Waals surface area contributed by atoms with Crippen LogP contribution < -0.4 is 10.5 Å². The van der Waals surface area contributed by atoms with Crippen LogP contribution in [-0.2, 0) is 28.3 Å². The van der Waals surface area contributed by atoms with Crippen molar-refractivity contribution >= 4 is 44.4 Å². The van der Waals surface area contributed by atoms with Gasteiger partial charge in [-0.3, -0.25) is 4.79 Å². The molecule has 0 saturated carbocycles. The van der Waals surface area contributed by atoms with Crippen molar-refractivity contribution in [3.05, 3.63) is 48.0 Å². The third kappa shape index (κ3) is 4.49. The van der Waals surface area contributed by atoms with Crippen molar-refractivity contribution in [2.24, 2.45) is 12.2 Å². The average molecular weight is 405 g/mol. The summed E-state index contributed by atoms with van der Waals surface area (Å²) in [5, 5.41) is 8.63. The number of imidazole rings is 1. The van der Waals surface area contributed by atoms with Crippen molar-refractivity contribution < 1.29 is 13.2 Å². The highest BCUT2D eigenvalue weighted by Crippen LogP contribution is 2.25. The summed E-state index contributed by atoms with van der Waals surface area (Å²) in [4.78, 5) is 16.6. The van der Waals surface area contributed by atoms with E-state index in [0.29, 0.717) is 10.7 Å². The van der Waals surface area contributed by atoms with E-state index in [9.17, 15) is 13.2 Å². The molecule has 0 aliphatic carbocycles. The number of fused-ring (bicyclic) bond motifs is 1. The van der Waals surface area contributed by atoms with Gasteiger partial charge in [0.1, 0.15) is 0 Å². The van der Waals surface area contributed by atoms with Gasteiger partial charge in [-0.05, 0) is 42.3 Å². The molecule has 0 saturated heterocycles. The van der Waals surface area contributed by atoms with Crippen LogP contribution in [0.25, 0.3) is 11.0 Å². The normalized spacial score (nSPS) is 11.7. The number of hydrogen-bond acceptors (Lipinski definition) is 5. The van der Waals surface area contributed by atoms with Crippen LogP contribution in [-0.4, -0.2) is 29.6 Å². The summed E-state index contributed by atoms with van der Waals surface area (Å²) < 4.78 is 24.8. The summed E-state index contributed by atoms with van der Waals surface area (Å²) in [6.07, 6.45) is 0.948. The maximum atomic E-state index is 12.2. The molecule has 7 nitrogen and oxygen atoms in total. The molecule has 0 aliphatic heterocycles. The molecular weight excluding hydrogens is 384 g/mol. The number of hydrogen-bond donors (Lipinski definition) is 2. The van der Waals surface area contributed by atoms with E-state index in [0.717, 1.165) is 17.6 Å². The minimum absolute atomic E-state index is 0.0120. The lowest BCUT2D eigenvalue weighted by molar-refractivity contribution is -0.113. The Morgan fingerprint density at radius 2 is 1.93 bits per heavy atom. The van der Waals surface area contributed by atoms with Crippen LogP contribution in [0.4, 0.5) is 5.69 Å². The van der Waals surface area contributed by atoms with E-state index in [-0.39, 0.29) is 16.6 Å². The Balaban J connectivity index is 1.70. The molecule has 0 spiro atoms. The quantitative estimate of drug-likeness (QED) is 0.614. The smallest absolute Gasteiger partial charge is 0.238 e. The molecule has 0 unspecified atom stereocenters. The zero-order valence-electron chi connectivity index (χ0n) is 15.0. The second-order valence-corrected chi connectivity index (χ2v) is 8.54. The number of nitrogens with one attached hydrogen (secondary N) is 1. The fourth-order valence-electron chi connectivity index (χ4n) is 2.61. The number of nitrogens with zero attached hydrogens (tertiary/aromatic N) is 2. The molecule has 3 aromatic rings. The molecule has 9 heteroatoms. The summed E-state index contributed by atoms with van der Waals surface area (Å²) in [7, 11) is -1.97. The molecule has 27 heavy (non-hydrogen) atoms. The van der Waals surface area contributed by atoms with Gasteiger partial charge in [0.25, 0.3) is 0 Å². The van der Waals surface area contributed by atoms with Crippen LogP contribution in [0.2, 0.25) is 0 Å². The molecule has 2 aromatic carbocycles. The lowest BCUT2D eigenvalue weighted by Gasteiger charge is -2.06. The lowest BCUT2D eigenvalue weighted by Crippen LogP contribution is -2.14. The fraction of sp³-hybridized carbons (Fsp3) is 0.222. The zero-order chi connectivity index (χ0) is 19.6. The molecule has 0 bridgehead atoms. The first-order valence-electron chi connectivity index (χ1n) is 8.29. The van der Waals surface area contributed by atoms with Crippen LogP contribution in [0.3, 0.4) is 0 Å². The van der Waals surface area contributed by atoms with E-state index < -0.39 is 10.0 Å². The predicted molar refractivity (Wildman–Crippen MR) is 107 cm³/mol. The standard InChI is InChI=1S/C18H20N4O3S2/c1-3-12-4-6-13(7-5-12)20-17(23)11-26-18-21-15-10-14(27(19,24)25)8-9-16(15)22(18)2/h4-10H,3,11H2,1-2H3,(H,20,23)(H2,19,24,25). The number of aryl methyl sites for hydroxylation is 2. The van der Waals surface area contributed by atoms with Crippen molar-refractivity contribution in [3.8, 4) is 0 Å². The van der Waals surface area contributed by atoms with E-state index >= 15 is 0 Å². The SMILES string of the molecule is CCc1ccc(NC(=O)CSc2nc3cc(S(N)(=O)=O)ccc3n2C)cc1. The highest BCUT2D eigenvalue weighted by Gasteiger charge is 2.14. The van der Waals surface area contributed by atoms with Gasteiger partial charge in [-0.25, -0.2) is 18.5 Å². The third-order valence-electron chi connectivity index (χ3n) is 4.12. The fourth-order valence-corrected chi connectivity index (χ4v) is 3.94. The van der Waals surface area contributed by atoms with Gasteiger partial charge >= 0.3 is 0 Å². The number of sulfonamides is 1. The van der Waals surface area contributed by atoms with E-state index in [4.69, 9.17) is 5.14 Å². The van der Waals surface area contributed by atoms with Gasteiger partial charge in [-0.1, -0.05) is 30.8 Å². The van der Waals surface area contributed by atoms with Crippen molar-refractivity contribution in [2.75, 3.05) is 11.1 Å². The number of benzene rings is 2. The molecular formula is C18H20N4O3S2. The van der Waals surface area contributed by atoms with Crippen molar-refractivity contribution in [1.82, 2.24) is 9.55 Å². The first-order valence-corrected chi connectivity index (χ1v) is 10.8. The number of thioether (sulfide) groups is 1. The first-order chi connectivity index (χ1) is 12.8. The summed E-state index contributed by atoms with van der Waals surface area (Å²) in [5.74, 6) is 0.0517. The summed E-state index contributed by atoms with van der Waals surface area (Å²) in [6.45, 7) is 2.08.